The van der Waals surface area contributed by atoms with Gasteiger partial charge in [-0.2, -0.15) is 0 Å². The van der Waals surface area contributed by atoms with E-state index in [2.05, 4.69) is 31.5 Å². The minimum absolute atomic E-state index is 0.0374. The summed E-state index contributed by atoms with van der Waals surface area (Å²) in [4.78, 5) is 0. The molecule has 1 rings (SSSR count). The summed E-state index contributed by atoms with van der Waals surface area (Å²) in [5.41, 5.74) is 7.46. The van der Waals surface area contributed by atoms with Crippen LogP contribution < -0.4 is 21.3 Å². The summed E-state index contributed by atoms with van der Waals surface area (Å²) in [7, 11) is 3.57. The van der Waals surface area contributed by atoms with Gasteiger partial charge in [0.25, 0.3) is 0 Å². The van der Waals surface area contributed by atoms with Crippen molar-refractivity contribution >= 4 is 0 Å². The number of aryl methyl sites for hydroxylation is 1. The Kier molecular flexibility index (Phi) is 4.29. The van der Waals surface area contributed by atoms with Gasteiger partial charge in [-0.1, -0.05) is 0 Å². The lowest BCUT2D eigenvalue weighted by Gasteiger charge is -2.22. The fourth-order valence-corrected chi connectivity index (χ4v) is 2.03. The van der Waals surface area contributed by atoms with Gasteiger partial charge in [0.05, 0.1) is 13.3 Å². The second-order valence-corrected chi connectivity index (χ2v) is 3.95. The van der Waals surface area contributed by atoms with Crippen molar-refractivity contribution in [2.24, 2.45) is 5.84 Å². The summed E-state index contributed by atoms with van der Waals surface area (Å²) in [6.07, 6.45) is -0.0374. The monoisotopic (exact) mass is 223 g/mol. The first-order chi connectivity index (χ1) is 7.56. The quantitative estimate of drug-likeness (QED) is 0.409. The van der Waals surface area contributed by atoms with Crippen LogP contribution in [0.15, 0.2) is 6.07 Å². The van der Waals surface area contributed by atoms with E-state index in [4.69, 9.17) is 10.6 Å². The highest BCUT2D eigenvalue weighted by Gasteiger charge is 2.16. The highest BCUT2D eigenvalue weighted by atomic mass is 16.5. The van der Waals surface area contributed by atoms with Gasteiger partial charge in [0.15, 0.2) is 0 Å². The molecule has 4 N–H and O–H groups in total. The van der Waals surface area contributed by atoms with Crippen LogP contribution in [-0.2, 0) is 0 Å². The number of hydrazine groups is 1. The Morgan fingerprint density at radius 2 is 1.88 bits per heavy atom. The molecule has 0 fully saturated rings. The van der Waals surface area contributed by atoms with Crippen LogP contribution in [0.4, 0.5) is 0 Å². The van der Waals surface area contributed by atoms with Gasteiger partial charge in [-0.15, -0.1) is 0 Å². The zero-order chi connectivity index (χ0) is 12.3. The molecule has 0 radical (unpaired) electrons. The molecule has 4 nitrogen and oxygen atoms in total. The van der Waals surface area contributed by atoms with Crippen molar-refractivity contribution < 1.29 is 4.74 Å². The van der Waals surface area contributed by atoms with Crippen LogP contribution >= 0.6 is 0 Å². The molecular weight excluding hydrogens is 202 g/mol. The smallest absolute Gasteiger partial charge is 0.122 e. The first-order valence-corrected chi connectivity index (χ1v) is 5.34. The van der Waals surface area contributed by atoms with Crippen LogP contribution in [-0.4, -0.2) is 14.2 Å². The third kappa shape index (κ3) is 2.19. The number of hydrogen-bond acceptors (Lipinski definition) is 4. The van der Waals surface area contributed by atoms with Crippen LogP contribution in [0.1, 0.15) is 28.4 Å². The van der Waals surface area contributed by atoms with E-state index in [0.29, 0.717) is 0 Å². The largest absolute Gasteiger partial charge is 0.496 e. The first kappa shape index (κ1) is 13.0. The Morgan fingerprint density at radius 1 is 1.25 bits per heavy atom. The number of rotatable bonds is 4. The van der Waals surface area contributed by atoms with Gasteiger partial charge in [-0.3, -0.25) is 5.84 Å². The molecule has 1 aromatic rings. The number of ether oxygens (including phenoxy) is 1. The van der Waals surface area contributed by atoms with E-state index in [9.17, 15) is 0 Å². The maximum absolute atomic E-state index is 5.53. The van der Waals surface area contributed by atoms with Crippen molar-refractivity contribution in [3.63, 3.8) is 0 Å². The number of benzene rings is 1. The lowest BCUT2D eigenvalue weighted by molar-refractivity contribution is 0.409. The molecule has 16 heavy (non-hydrogen) atoms. The van der Waals surface area contributed by atoms with Crippen LogP contribution in [0.5, 0.6) is 5.75 Å². The molecule has 0 spiro atoms. The van der Waals surface area contributed by atoms with E-state index in [0.717, 1.165) is 16.9 Å². The topological polar surface area (TPSA) is 59.3 Å². The molecule has 0 aliphatic heterocycles. The molecule has 0 aliphatic rings. The standard InChI is InChI=1S/C12H21N3O/c1-7-6-10(16-5)8(2)9(3)11(7)12(14-4)15-13/h6,12,14-15H,13H2,1-5H3. The number of nitrogens with one attached hydrogen (secondary N) is 2. The molecule has 0 saturated carbocycles. The van der Waals surface area contributed by atoms with Crippen molar-refractivity contribution in [3.8, 4) is 5.75 Å². The molecule has 0 amide bonds. The average molecular weight is 223 g/mol. The SMILES string of the molecule is CNC(NN)c1c(C)cc(OC)c(C)c1C. The second kappa shape index (κ2) is 5.30. The normalized spacial score (nSPS) is 12.6. The summed E-state index contributed by atoms with van der Waals surface area (Å²) < 4.78 is 5.34. The van der Waals surface area contributed by atoms with E-state index in [-0.39, 0.29) is 6.17 Å². The molecule has 1 aromatic carbocycles. The summed E-state index contributed by atoms with van der Waals surface area (Å²) in [6, 6.07) is 2.04. The van der Waals surface area contributed by atoms with Crippen molar-refractivity contribution in [1.82, 2.24) is 10.7 Å². The number of nitrogens with two attached hydrogens (primary N) is 1. The molecule has 0 aromatic heterocycles. The fourth-order valence-electron chi connectivity index (χ4n) is 2.03. The predicted molar refractivity (Wildman–Crippen MR) is 66.3 cm³/mol. The second-order valence-electron chi connectivity index (χ2n) is 3.95. The van der Waals surface area contributed by atoms with Gasteiger partial charge >= 0.3 is 0 Å². The van der Waals surface area contributed by atoms with Crippen molar-refractivity contribution in [2.45, 2.75) is 26.9 Å². The summed E-state index contributed by atoms with van der Waals surface area (Å²) in [6.45, 7) is 6.20. The minimum atomic E-state index is -0.0374. The molecule has 90 valence electrons. The molecular formula is C12H21N3O. The van der Waals surface area contributed by atoms with Crippen LogP contribution in [0, 0.1) is 20.8 Å². The molecule has 1 atom stereocenters. The van der Waals surface area contributed by atoms with Crippen LogP contribution in [0.3, 0.4) is 0 Å². The molecule has 0 heterocycles. The van der Waals surface area contributed by atoms with Gasteiger partial charge in [0, 0.05) is 0 Å². The Labute approximate surface area is 97.1 Å². The molecule has 4 heteroatoms. The van der Waals surface area contributed by atoms with Gasteiger partial charge < -0.3 is 10.1 Å². The Morgan fingerprint density at radius 3 is 2.31 bits per heavy atom. The van der Waals surface area contributed by atoms with Crippen molar-refractivity contribution in [1.29, 1.82) is 0 Å². The van der Waals surface area contributed by atoms with E-state index >= 15 is 0 Å². The first-order valence-electron chi connectivity index (χ1n) is 5.34. The molecule has 0 bridgehead atoms. The van der Waals surface area contributed by atoms with Gasteiger partial charge in [0.1, 0.15) is 5.75 Å². The van der Waals surface area contributed by atoms with Crippen molar-refractivity contribution in [2.75, 3.05) is 14.2 Å². The highest BCUT2D eigenvalue weighted by Crippen LogP contribution is 2.30. The highest BCUT2D eigenvalue weighted by molar-refractivity contribution is 5.49. The summed E-state index contributed by atoms with van der Waals surface area (Å²) in [5, 5.41) is 3.14. The summed E-state index contributed by atoms with van der Waals surface area (Å²) >= 11 is 0. The van der Waals surface area contributed by atoms with E-state index in [1.165, 1.54) is 11.1 Å². The van der Waals surface area contributed by atoms with E-state index in [1.54, 1.807) is 7.11 Å². The lowest BCUT2D eigenvalue weighted by Crippen LogP contribution is -2.37. The average Bonchev–Trinajstić information content (AvgIpc) is 2.29. The van der Waals surface area contributed by atoms with E-state index < -0.39 is 0 Å². The molecule has 0 saturated heterocycles. The Balaban J connectivity index is 3.35. The Bertz CT molecular complexity index is 373. The maximum Gasteiger partial charge on any atom is 0.122 e. The third-order valence-electron chi connectivity index (χ3n) is 3.07. The number of methoxy groups -OCH3 is 1. The predicted octanol–water partition coefficient (Wildman–Crippen LogP) is 1.30. The van der Waals surface area contributed by atoms with E-state index in [1.807, 2.05) is 13.1 Å². The van der Waals surface area contributed by atoms with Crippen LogP contribution in [0.25, 0.3) is 0 Å². The Hall–Kier alpha value is -1.10. The maximum atomic E-state index is 5.53. The fraction of sp³-hybridized carbons (Fsp3) is 0.500. The number of hydrogen-bond donors (Lipinski definition) is 3. The zero-order valence-corrected chi connectivity index (χ0v) is 10.6. The molecule has 0 aliphatic carbocycles. The minimum Gasteiger partial charge on any atom is -0.496 e. The van der Waals surface area contributed by atoms with Gasteiger partial charge in [-0.25, -0.2) is 5.43 Å². The van der Waals surface area contributed by atoms with Gasteiger partial charge in [-0.05, 0) is 56.1 Å². The van der Waals surface area contributed by atoms with Crippen molar-refractivity contribution in [3.05, 3.63) is 28.3 Å². The van der Waals surface area contributed by atoms with Crippen LogP contribution in [0.2, 0.25) is 0 Å². The third-order valence-corrected chi connectivity index (χ3v) is 3.07. The van der Waals surface area contributed by atoms with Gasteiger partial charge in [0.2, 0.25) is 0 Å². The molecule has 1 unspecified atom stereocenters. The zero-order valence-electron chi connectivity index (χ0n) is 10.6. The summed E-state index contributed by atoms with van der Waals surface area (Å²) in [5.74, 6) is 6.45. The lowest BCUT2D eigenvalue weighted by atomic mass is 9.95.